The summed E-state index contributed by atoms with van der Waals surface area (Å²) in [6, 6.07) is 16.8. The second kappa shape index (κ2) is 11.3. The maximum atomic E-state index is 12.8. The number of methoxy groups -OCH3 is 1. The summed E-state index contributed by atoms with van der Waals surface area (Å²) in [7, 11) is -2.36. The lowest BCUT2D eigenvalue weighted by molar-refractivity contribution is -0.384. The third-order valence-corrected chi connectivity index (χ3v) is 8.39. The zero-order valence-electron chi connectivity index (χ0n) is 20.6. The molecule has 1 amide bonds. The van der Waals surface area contributed by atoms with E-state index in [1.165, 1.54) is 48.8 Å². The van der Waals surface area contributed by atoms with Crippen molar-refractivity contribution >= 4 is 66.6 Å². The lowest BCUT2D eigenvalue weighted by atomic mass is 10.1. The first-order chi connectivity index (χ1) is 19.2. The van der Waals surface area contributed by atoms with Gasteiger partial charge in [-0.15, -0.1) is 11.3 Å². The number of thiazole rings is 1. The number of nitrogens with one attached hydrogen (secondary N) is 2. The molecule has 2 N–H and O–H groups in total. The molecule has 0 bridgehead atoms. The van der Waals surface area contributed by atoms with Crippen molar-refractivity contribution < 1.29 is 27.3 Å². The first kappa shape index (κ1) is 27.1. The number of hydrogen-bond donors (Lipinski definition) is 2. The van der Waals surface area contributed by atoms with Crippen molar-refractivity contribution in [1.82, 2.24) is 9.97 Å². The Kier molecular flexibility index (Phi) is 7.68. The van der Waals surface area contributed by atoms with E-state index in [-0.39, 0.29) is 27.5 Å². The number of anilines is 2. The van der Waals surface area contributed by atoms with E-state index in [0.717, 1.165) is 11.8 Å². The molecule has 204 valence electrons. The lowest BCUT2D eigenvalue weighted by Gasteiger charge is -2.08. The third kappa shape index (κ3) is 6.22. The predicted octanol–water partition coefficient (Wildman–Crippen LogP) is 5.40. The fraction of sp³-hybridized carbons (Fsp3) is 0.0800. The van der Waals surface area contributed by atoms with Gasteiger partial charge in [0.2, 0.25) is 5.91 Å². The van der Waals surface area contributed by atoms with E-state index in [9.17, 15) is 23.3 Å². The van der Waals surface area contributed by atoms with Crippen LogP contribution in [0.25, 0.3) is 22.4 Å². The number of nitrogens with zero attached hydrogens (tertiary/aromatic N) is 3. The molecule has 15 heteroatoms. The summed E-state index contributed by atoms with van der Waals surface area (Å²) in [4.78, 5) is 31.6. The van der Waals surface area contributed by atoms with E-state index in [1.54, 1.807) is 41.8 Å². The average molecular weight is 598 g/mol. The van der Waals surface area contributed by atoms with Crippen LogP contribution in [0, 0.1) is 10.1 Å². The standard InChI is InChI=1S/C25H19N5O7S3/c1-36-18-7-5-16(6-8-18)29-40(34,35)19-9-10-22-20(12-19)27-25(37-22)39-14-23(31)28-24-26-21(13-38-24)15-3-2-4-17(11-15)30(32)33/h2-13,29H,14H2,1H3,(H,26,28,31). The summed E-state index contributed by atoms with van der Waals surface area (Å²) in [5.74, 6) is 0.199. The molecule has 0 unspecified atom stereocenters. The van der Waals surface area contributed by atoms with Gasteiger partial charge in [-0.2, -0.15) is 0 Å². The van der Waals surface area contributed by atoms with Crippen molar-refractivity contribution in [2.24, 2.45) is 0 Å². The van der Waals surface area contributed by atoms with Gasteiger partial charge in [-0.25, -0.2) is 18.4 Å². The third-order valence-electron chi connectivity index (χ3n) is 5.42. The van der Waals surface area contributed by atoms with Gasteiger partial charge in [0, 0.05) is 28.8 Å². The molecule has 0 atom stereocenters. The molecule has 0 aliphatic carbocycles. The Bertz CT molecular complexity index is 1820. The van der Waals surface area contributed by atoms with Crippen LogP contribution in [0.4, 0.5) is 16.5 Å². The van der Waals surface area contributed by atoms with Crippen LogP contribution < -0.4 is 14.8 Å². The fourth-order valence-corrected chi connectivity index (χ4v) is 5.97. The summed E-state index contributed by atoms with van der Waals surface area (Å²) >= 11 is 2.22. The van der Waals surface area contributed by atoms with Gasteiger partial charge < -0.3 is 14.5 Å². The molecule has 5 aromatic rings. The van der Waals surface area contributed by atoms with E-state index < -0.39 is 14.9 Å². The highest BCUT2D eigenvalue weighted by Gasteiger charge is 2.18. The zero-order valence-corrected chi connectivity index (χ0v) is 23.0. The van der Waals surface area contributed by atoms with E-state index in [2.05, 4.69) is 20.0 Å². The van der Waals surface area contributed by atoms with E-state index in [1.807, 2.05) is 0 Å². The minimum absolute atomic E-state index is 0.00160. The molecule has 2 aromatic heterocycles. The Morgan fingerprint density at radius 1 is 1.12 bits per heavy atom. The number of non-ortho nitro benzene ring substituents is 1. The van der Waals surface area contributed by atoms with Crippen LogP contribution in [0.1, 0.15) is 0 Å². The number of carbonyl (C=O) groups excluding carboxylic acids is 1. The average Bonchev–Trinajstić information content (AvgIpc) is 3.58. The first-order valence-electron chi connectivity index (χ1n) is 11.4. The summed E-state index contributed by atoms with van der Waals surface area (Å²) in [6.07, 6.45) is 0. The highest BCUT2D eigenvalue weighted by molar-refractivity contribution is 7.99. The van der Waals surface area contributed by atoms with E-state index in [4.69, 9.17) is 9.15 Å². The Labute approximate surface area is 235 Å². The van der Waals surface area contributed by atoms with Gasteiger partial charge in [0.15, 0.2) is 10.7 Å². The van der Waals surface area contributed by atoms with Gasteiger partial charge in [0.1, 0.15) is 11.3 Å². The Hall–Kier alpha value is -4.47. The molecule has 3 aromatic carbocycles. The van der Waals surface area contributed by atoms with Crippen molar-refractivity contribution in [2.45, 2.75) is 10.1 Å². The Morgan fingerprint density at radius 2 is 1.93 bits per heavy atom. The number of nitro groups is 1. The molecule has 0 radical (unpaired) electrons. The van der Waals surface area contributed by atoms with Crippen molar-refractivity contribution in [3.8, 4) is 17.0 Å². The summed E-state index contributed by atoms with van der Waals surface area (Å²) in [5.41, 5.74) is 2.08. The number of thioether (sulfide) groups is 1. The summed E-state index contributed by atoms with van der Waals surface area (Å²) < 4.78 is 38.9. The van der Waals surface area contributed by atoms with Gasteiger partial charge in [-0.1, -0.05) is 23.9 Å². The van der Waals surface area contributed by atoms with E-state index >= 15 is 0 Å². The number of oxazole rings is 1. The molecule has 5 rings (SSSR count). The molecule has 0 aliphatic rings. The SMILES string of the molecule is COc1ccc(NS(=O)(=O)c2ccc3oc(SCC(=O)Nc4nc(-c5cccc([N+](=O)[O-])c5)cs4)nc3c2)cc1. The molecule has 2 heterocycles. The van der Waals surface area contributed by atoms with Gasteiger partial charge in [-0.3, -0.25) is 19.6 Å². The number of fused-ring (bicyclic) bond motifs is 1. The number of nitro benzene ring substituents is 1. The van der Waals surface area contributed by atoms with Gasteiger partial charge in [0.05, 0.1) is 28.4 Å². The molecule has 0 saturated heterocycles. The molecular formula is C25H19N5O7S3. The van der Waals surface area contributed by atoms with Crippen molar-refractivity contribution in [1.29, 1.82) is 0 Å². The second-order valence-electron chi connectivity index (χ2n) is 8.13. The summed E-state index contributed by atoms with van der Waals surface area (Å²) in [5, 5.41) is 15.9. The van der Waals surface area contributed by atoms with Crippen LogP contribution >= 0.6 is 23.1 Å². The number of carbonyl (C=O) groups is 1. The fourth-order valence-electron chi connectivity index (χ4n) is 3.51. The van der Waals surface area contributed by atoms with Crippen molar-refractivity contribution in [3.05, 3.63) is 82.2 Å². The molecular weight excluding hydrogens is 579 g/mol. The van der Waals surface area contributed by atoms with Crippen LogP contribution in [-0.2, 0) is 14.8 Å². The largest absolute Gasteiger partial charge is 0.497 e. The van der Waals surface area contributed by atoms with Crippen molar-refractivity contribution in [2.75, 3.05) is 22.9 Å². The molecule has 0 saturated carbocycles. The molecule has 40 heavy (non-hydrogen) atoms. The second-order valence-corrected chi connectivity index (χ2v) is 11.6. The Morgan fingerprint density at radius 3 is 2.67 bits per heavy atom. The van der Waals surface area contributed by atoms with Crippen LogP contribution in [0.2, 0.25) is 0 Å². The molecule has 12 nitrogen and oxygen atoms in total. The number of rotatable bonds is 10. The minimum atomic E-state index is -3.88. The molecule has 0 spiro atoms. The number of sulfonamides is 1. The quantitative estimate of drug-likeness (QED) is 0.121. The van der Waals surface area contributed by atoms with E-state index in [0.29, 0.717) is 38.9 Å². The normalized spacial score (nSPS) is 11.3. The topological polar surface area (TPSA) is 167 Å². The maximum absolute atomic E-state index is 12.8. The van der Waals surface area contributed by atoms with Crippen LogP contribution in [0.5, 0.6) is 5.75 Å². The van der Waals surface area contributed by atoms with Gasteiger partial charge in [0.25, 0.3) is 20.9 Å². The zero-order chi connectivity index (χ0) is 28.3. The van der Waals surface area contributed by atoms with Crippen molar-refractivity contribution in [3.63, 3.8) is 0 Å². The monoisotopic (exact) mass is 597 g/mol. The number of benzene rings is 3. The number of ether oxygens (including phenoxy) is 1. The van der Waals surface area contributed by atoms with Gasteiger partial charge >= 0.3 is 0 Å². The highest BCUT2D eigenvalue weighted by Crippen LogP contribution is 2.29. The first-order valence-corrected chi connectivity index (χ1v) is 14.8. The minimum Gasteiger partial charge on any atom is -0.497 e. The molecule has 0 aliphatic heterocycles. The maximum Gasteiger partial charge on any atom is 0.270 e. The highest BCUT2D eigenvalue weighted by atomic mass is 32.2. The lowest BCUT2D eigenvalue weighted by Crippen LogP contribution is -2.13. The smallest absolute Gasteiger partial charge is 0.270 e. The van der Waals surface area contributed by atoms with Crippen LogP contribution in [-0.4, -0.2) is 42.1 Å². The van der Waals surface area contributed by atoms with Crippen LogP contribution in [0.15, 0.2) is 86.6 Å². The summed E-state index contributed by atoms with van der Waals surface area (Å²) in [6.45, 7) is 0. The number of aromatic nitrogens is 2. The molecule has 0 fully saturated rings. The predicted molar refractivity (Wildman–Crippen MR) is 151 cm³/mol. The van der Waals surface area contributed by atoms with Gasteiger partial charge in [-0.05, 0) is 42.5 Å². The number of amides is 1. The Balaban J connectivity index is 1.21. The number of hydrogen-bond acceptors (Lipinski definition) is 11. The van der Waals surface area contributed by atoms with Crippen LogP contribution in [0.3, 0.4) is 0 Å².